The van der Waals surface area contributed by atoms with E-state index in [0.29, 0.717) is 17.5 Å². The Morgan fingerprint density at radius 2 is 1.95 bits per heavy atom. The van der Waals surface area contributed by atoms with Crippen LogP contribution in [-0.2, 0) is 11.2 Å². The molecule has 4 nitrogen and oxygen atoms in total. The van der Waals surface area contributed by atoms with Crippen molar-refractivity contribution in [3.8, 4) is 11.5 Å². The van der Waals surface area contributed by atoms with Crippen molar-refractivity contribution in [2.24, 2.45) is 0 Å². The number of benzene rings is 1. The number of hydrogen-bond acceptors (Lipinski definition) is 4. The summed E-state index contributed by atoms with van der Waals surface area (Å²) in [7, 11) is 3.25. The molecule has 1 saturated carbocycles. The maximum Gasteiger partial charge on any atom is 0.230 e. The highest BCUT2D eigenvalue weighted by molar-refractivity contribution is 8.00. The molecule has 1 fully saturated rings. The van der Waals surface area contributed by atoms with E-state index >= 15 is 0 Å². The van der Waals surface area contributed by atoms with Gasteiger partial charge in [0.05, 0.1) is 20.0 Å². The van der Waals surface area contributed by atoms with Crippen LogP contribution in [0.1, 0.15) is 31.2 Å². The number of methoxy groups -OCH3 is 2. The van der Waals surface area contributed by atoms with Crippen LogP contribution in [0.15, 0.2) is 18.2 Å². The lowest BCUT2D eigenvalue weighted by atomic mass is 10.1. The Kier molecular flexibility index (Phi) is 6.90. The van der Waals surface area contributed by atoms with Crippen LogP contribution in [0, 0.1) is 0 Å². The third-order valence-corrected chi connectivity index (χ3v) is 5.31. The zero-order valence-corrected chi connectivity index (χ0v) is 14.2. The Bertz CT molecular complexity index is 487. The Balaban J connectivity index is 1.70. The average Bonchev–Trinajstić information content (AvgIpc) is 3.06. The maximum absolute atomic E-state index is 11.8. The minimum atomic E-state index is 0.136. The molecule has 1 aliphatic carbocycles. The summed E-state index contributed by atoms with van der Waals surface area (Å²) in [6.45, 7) is 0.652. The van der Waals surface area contributed by atoms with Gasteiger partial charge in [-0.3, -0.25) is 4.79 Å². The third kappa shape index (κ3) is 5.13. The van der Waals surface area contributed by atoms with Crippen LogP contribution in [0.2, 0.25) is 0 Å². The van der Waals surface area contributed by atoms with Crippen LogP contribution < -0.4 is 14.8 Å². The third-order valence-electron chi connectivity index (χ3n) is 3.94. The highest BCUT2D eigenvalue weighted by Crippen LogP contribution is 2.29. The number of carbonyl (C=O) groups excluding carboxylic acids is 1. The predicted molar refractivity (Wildman–Crippen MR) is 91.0 cm³/mol. The Labute approximate surface area is 137 Å². The molecule has 0 bridgehead atoms. The zero-order chi connectivity index (χ0) is 15.8. The van der Waals surface area contributed by atoms with Crippen molar-refractivity contribution >= 4 is 17.7 Å². The lowest BCUT2D eigenvalue weighted by molar-refractivity contribution is -0.118. The van der Waals surface area contributed by atoms with E-state index in [1.54, 1.807) is 26.0 Å². The van der Waals surface area contributed by atoms with Crippen molar-refractivity contribution in [3.63, 3.8) is 0 Å². The van der Waals surface area contributed by atoms with Crippen LogP contribution >= 0.6 is 11.8 Å². The van der Waals surface area contributed by atoms with E-state index in [1.165, 1.54) is 25.7 Å². The van der Waals surface area contributed by atoms with E-state index in [1.807, 2.05) is 18.2 Å². The van der Waals surface area contributed by atoms with Crippen LogP contribution in [0.3, 0.4) is 0 Å². The summed E-state index contributed by atoms with van der Waals surface area (Å²) in [5.74, 6) is 2.17. The van der Waals surface area contributed by atoms with Gasteiger partial charge in [0.25, 0.3) is 0 Å². The predicted octanol–water partition coefficient (Wildman–Crippen LogP) is 3.04. The number of nitrogens with one attached hydrogen (secondary N) is 1. The molecule has 1 N–H and O–H groups in total. The second-order valence-electron chi connectivity index (χ2n) is 5.51. The lowest BCUT2D eigenvalue weighted by Crippen LogP contribution is -2.27. The molecule has 2 rings (SSSR count). The minimum Gasteiger partial charge on any atom is -0.493 e. The van der Waals surface area contributed by atoms with Gasteiger partial charge in [-0.25, -0.2) is 0 Å². The van der Waals surface area contributed by atoms with Crippen LogP contribution in [0.5, 0.6) is 11.5 Å². The quantitative estimate of drug-likeness (QED) is 0.799. The SMILES string of the molecule is COc1ccc(CCNC(=O)CSC2CCCC2)cc1OC. The number of hydrogen-bond donors (Lipinski definition) is 1. The van der Waals surface area contributed by atoms with Gasteiger partial charge in [-0.15, -0.1) is 11.8 Å². The van der Waals surface area contributed by atoms with E-state index in [9.17, 15) is 4.79 Å². The number of thioether (sulfide) groups is 1. The molecule has 1 amide bonds. The van der Waals surface area contributed by atoms with Crippen LogP contribution in [0.25, 0.3) is 0 Å². The van der Waals surface area contributed by atoms with Gasteiger partial charge >= 0.3 is 0 Å². The number of amides is 1. The first-order valence-electron chi connectivity index (χ1n) is 7.82. The molecule has 0 unspecified atom stereocenters. The molecular formula is C17H25NO3S. The molecule has 1 aromatic rings. The topological polar surface area (TPSA) is 47.6 Å². The molecular weight excluding hydrogens is 298 g/mol. The summed E-state index contributed by atoms with van der Waals surface area (Å²) in [5.41, 5.74) is 1.13. The van der Waals surface area contributed by atoms with Gasteiger partial charge in [-0.05, 0) is 37.0 Å². The molecule has 0 saturated heterocycles. The summed E-state index contributed by atoms with van der Waals surface area (Å²) >= 11 is 1.80. The summed E-state index contributed by atoms with van der Waals surface area (Å²) in [6.07, 6.45) is 5.96. The van der Waals surface area contributed by atoms with Gasteiger partial charge in [0.2, 0.25) is 5.91 Å². The molecule has 122 valence electrons. The van der Waals surface area contributed by atoms with Crippen molar-refractivity contribution in [1.82, 2.24) is 5.32 Å². The summed E-state index contributed by atoms with van der Waals surface area (Å²) < 4.78 is 10.5. The minimum absolute atomic E-state index is 0.136. The monoisotopic (exact) mass is 323 g/mol. The molecule has 22 heavy (non-hydrogen) atoms. The van der Waals surface area contributed by atoms with Gasteiger partial charge in [-0.1, -0.05) is 18.9 Å². The average molecular weight is 323 g/mol. The second kappa shape index (κ2) is 8.93. The lowest BCUT2D eigenvalue weighted by Gasteiger charge is -2.11. The van der Waals surface area contributed by atoms with Gasteiger partial charge in [0, 0.05) is 11.8 Å². The standard InChI is InChI=1S/C17H25NO3S/c1-20-15-8-7-13(11-16(15)21-2)9-10-18-17(19)12-22-14-5-3-4-6-14/h7-8,11,14H,3-6,9-10,12H2,1-2H3,(H,18,19). The Morgan fingerprint density at radius 3 is 2.64 bits per heavy atom. The molecule has 1 aliphatic rings. The van der Waals surface area contributed by atoms with Crippen LogP contribution in [0.4, 0.5) is 0 Å². The van der Waals surface area contributed by atoms with E-state index in [4.69, 9.17) is 9.47 Å². The molecule has 5 heteroatoms. The van der Waals surface area contributed by atoms with Gasteiger partial charge in [0.15, 0.2) is 11.5 Å². The number of carbonyl (C=O) groups is 1. The number of ether oxygens (including phenoxy) is 2. The highest BCUT2D eigenvalue weighted by Gasteiger charge is 2.16. The Morgan fingerprint density at radius 1 is 1.23 bits per heavy atom. The van der Waals surface area contributed by atoms with E-state index in [-0.39, 0.29) is 5.91 Å². The number of rotatable bonds is 8. The smallest absolute Gasteiger partial charge is 0.230 e. The molecule has 0 aromatic heterocycles. The van der Waals surface area contributed by atoms with E-state index < -0.39 is 0 Å². The van der Waals surface area contributed by atoms with Crippen molar-refractivity contribution in [2.75, 3.05) is 26.5 Å². The summed E-state index contributed by atoms with van der Waals surface area (Å²) in [4.78, 5) is 11.8. The van der Waals surface area contributed by atoms with Crippen molar-refractivity contribution in [2.45, 2.75) is 37.4 Å². The summed E-state index contributed by atoms with van der Waals surface area (Å²) in [5, 5.41) is 3.68. The van der Waals surface area contributed by atoms with E-state index in [0.717, 1.165) is 23.5 Å². The normalized spacial score (nSPS) is 14.8. The zero-order valence-electron chi connectivity index (χ0n) is 13.4. The first kappa shape index (κ1) is 17.0. The highest BCUT2D eigenvalue weighted by atomic mass is 32.2. The van der Waals surface area contributed by atoms with Crippen molar-refractivity contribution in [3.05, 3.63) is 23.8 Å². The maximum atomic E-state index is 11.8. The largest absolute Gasteiger partial charge is 0.493 e. The van der Waals surface area contributed by atoms with Crippen LogP contribution in [-0.4, -0.2) is 37.7 Å². The fourth-order valence-electron chi connectivity index (χ4n) is 2.68. The first-order valence-corrected chi connectivity index (χ1v) is 8.87. The molecule has 0 radical (unpaired) electrons. The van der Waals surface area contributed by atoms with Gasteiger partial charge in [0.1, 0.15) is 0 Å². The van der Waals surface area contributed by atoms with Crippen molar-refractivity contribution in [1.29, 1.82) is 0 Å². The first-order chi connectivity index (χ1) is 10.7. The fraction of sp³-hybridized carbons (Fsp3) is 0.588. The summed E-state index contributed by atoms with van der Waals surface area (Å²) in [6, 6.07) is 5.85. The van der Waals surface area contributed by atoms with Crippen molar-refractivity contribution < 1.29 is 14.3 Å². The molecule has 0 atom stereocenters. The molecule has 0 aliphatic heterocycles. The Hall–Kier alpha value is -1.36. The second-order valence-corrected chi connectivity index (χ2v) is 6.80. The van der Waals surface area contributed by atoms with Gasteiger partial charge < -0.3 is 14.8 Å². The fourth-order valence-corrected chi connectivity index (χ4v) is 3.84. The van der Waals surface area contributed by atoms with E-state index in [2.05, 4.69) is 5.32 Å². The molecule has 0 spiro atoms. The molecule has 0 heterocycles. The molecule has 1 aromatic carbocycles. The van der Waals surface area contributed by atoms with Gasteiger partial charge in [-0.2, -0.15) is 0 Å².